The van der Waals surface area contributed by atoms with E-state index in [9.17, 15) is 8.42 Å². The number of aliphatic imine (C=N–C) groups is 1. The zero-order valence-corrected chi connectivity index (χ0v) is 9.61. The zero-order valence-electron chi connectivity index (χ0n) is 8.79. The fraction of sp³-hybridized carbons (Fsp3) is 0. The van der Waals surface area contributed by atoms with E-state index < -0.39 is 9.84 Å². The molecular formula is C13H8NO2S. The molecule has 83 valence electrons. The summed E-state index contributed by atoms with van der Waals surface area (Å²) in [4.78, 5) is 4.59. The predicted molar refractivity (Wildman–Crippen MR) is 64.5 cm³/mol. The van der Waals surface area contributed by atoms with E-state index in [1.807, 2.05) is 0 Å². The lowest BCUT2D eigenvalue weighted by Crippen LogP contribution is -2.03. The number of rotatable bonds is 0. The molecule has 17 heavy (non-hydrogen) atoms. The molecule has 4 heteroatoms. The van der Waals surface area contributed by atoms with Crippen molar-refractivity contribution in [1.82, 2.24) is 0 Å². The van der Waals surface area contributed by atoms with Crippen LogP contribution in [0.15, 0.2) is 63.3 Å². The smallest absolute Gasteiger partial charge is 0.209 e. The molecule has 1 aliphatic rings. The summed E-state index contributed by atoms with van der Waals surface area (Å²) < 4.78 is 24.8. The zero-order chi connectivity index (χ0) is 11.9. The van der Waals surface area contributed by atoms with Crippen molar-refractivity contribution in [2.75, 3.05) is 0 Å². The van der Waals surface area contributed by atoms with Crippen LogP contribution in [0.4, 0.5) is 5.69 Å². The summed E-state index contributed by atoms with van der Waals surface area (Å²) in [5, 5.41) is 0. The topological polar surface area (TPSA) is 46.5 Å². The number of sulfone groups is 1. The largest absolute Gasteiger partial charge is 0.245 e. The second kappa shape index (κ2) is 3.53. The molecule has 0 unspecified atom stereocenters. The van der Waals surface area contributed by atoms with E-state index >= 15 is 0 Å². The molecule has 0 atom stereocenters. The van der Waals surface area contributed by atoms with Crippen LogP contribution in [0.3, 0.4) is 0 Å². The SMILES string of the molecule is O=S1(=O)c2ccccc2[C]=Nc2ccccc21. The van der Waals surface area contributed by atoms with Crippen LogP contribution in [0.25, 0.3) is 0 Å². The fourth-order valence-electron chi connectivity index (χ4n) is 1.81. The highest BCUT2D eigenvalue weighted by Crippen LogP contribution is 2.33. The van der Waals surface area contributed by atoms with Crippen molar-refractivity contribution in [3.05, 3.63) is 54.1 Å². The minimum atomic E-state index is -3.49. The predicted octanol–water partition coefficient (Wildman–Crippen LogP) is 2.46. The molecule has 0 fully saturated rings. The normalized spacial score (nSPS) is 15.8. The Balaban J connectivity index is 2.43. The van der Waals surface area contributed by atoms with Gasteiger partial charge < -0.3 is 0 Å². The molecule has 0 N–H and O–H groups in total. The van der Waals surface area contributed by atoms with E-state index in [2.05, 4.69) is 11.2 Å². The molecule has 3 nitrogen and oxygen atoms in total. The minimum Gasteiger partial charge on any atom is -0.245 e. The molecule has 2 aromatic rings. The number of benzene rings is 2. The lowest BCUT2D eigenvalue weighted by Gasteiger charge is -2.05. The van der Waals surface area contributed by atoms with E-state index in [0.29, 0.717) is 11.3 Å². The van der Waals surface area contributed by atoms with Gasteiger partial charge in [0.1, 0.15) is 0 Å². The average molecular weight is 242 g/mol. The first-order valence-corrected chi connectivity index (χ1v) is 6.58. The first-order valence-electron chi connectivity index (χ1n) is 5.09. The Hall–Kier alpha value is -1.94. The third-order valence-corrected chi connectivity index (χ3v) is 4.49. The Labute approximate surface area is 99.4 Å². The molecule has 1 radical (unpaired) electrons. The van der Waals surface area contributed by atoms with Crippen LogP contribution in [0.5, 0.6) is 0 Å². The van der Waals surface area contributed by atoms with E-state index in [0.717, 1.165) is 0 Å². The standard InChI is InChI=1S/C13H8NO2S/c15-17(16)12-7-3-1-5-10(12)9-14-11-6-2-4-8-13(11)17/h1-8H. The summed E-state index contributed by atoms with van der Waals surface area (Å²) in [6.07, 6.45) is 2.78. The Morgan fingerprint density at radius 1 is 0.882 bits per heavy atom. The van der Waals surface area contributed by atoms with Crippen LogP contribution in [0.2, 0.25) is 0 Å². The van der Waals surface area contributed by atoms with Gasteiger partial charge in [0.15, 0.2) is 0 Å². The second-order valence-corrected chi connectivity index (χ2v) is 5.58. The van der Waals surface area contributed by atoms with Gasteiger partial charge in [0.25, 0.3) is 0 Å². The molecular weight excluding hydrogens is 234 g/mol. The van der Waals surface area contributed by atoms with Gasteiger partial charge in [-0.05, 0) is 18.2 Å². The van der Waals surface area contributed by atoms with Crippen molar-refractivity contribution >= 4 is 21.7 Å². The highest BCUT2D eigenvalue weighted by atomic mass is 32.2. The van der Waals surface area contributed by atoms with Gasteiger partial charge in [-0.25, -0.2) is 13.4 Å². The van der Waals surface area contributed by atoms with Crippen LogP contribution in [0.1, 0.15) is 5.56 Å². The summed E-state index contributed by atoms with van der Waals surface area (Å²) in [6, 6.07) is 13.4. The monoisotopic (exact) mass is 242 g/mol. The molecule has 0 aliphatic carbocycles. The Bertz CT molecular complexity index is 662. The van der Waals surface area contributed by atoms with Gasteiger partial charge in [-0.1, -0.05) is 30.3 Å². The first-order chi connectivity index (χ1) is 8.19. The van der Waals surface area contributed by atoms with Crippen LogP contribution >= 0.6 is 0 Å². The third-order valence-electron chi connectivity index (χ3n) is 2.63. The van der Waals surface area contributed by atoms with Gasteiger partial charge in [-0.3, -0.25) is 0 Å². The molecule has 0 saturated carbocycles. The van der Waals surface area contributed by atoms with E-state index in [-0.39, 0.29) is 9.79 Å². The summed E-state index contributed by atoms with van der Waals surface area (Å²) in [5.41, 5.74) is 0.937. The van der Waals surface area contributed by atoms with Gasteiger partial charge in [0.2, 0.25) is 9.84 Å². The molecule has 0 spiro atoms. The molecule has 0 amide bonds. The number of hydrogen-bond donors (Lipinski definition) is 0. The Morgan fingerprint density at radius 3 is 2.35 bits per heavy atom. The summed E-state index contributed by atoms with van der Waals surface area (Å²) in [5.74, 6) is 0. The van der Waals surface area contributed by atoms with Crippen molar-refractivity contribution in [2.45, 2.75) is 9.79 Å². The van der Waals surface area contributed by atoms with E-state index in [1.165, 1.54) is 0 Å². The van der Waals surface area contributed by atoms with Crippen LogP contribution < -0.4 is 0 Å². The summed E-state index contributed by atoms with van der Waals surface area (Å²) >= 11 is 0. The molecule has 0 aromatic heterocycles. The summed E-state index contributed by atoms with van der Waals surface area (Å²) in [7, 11) is -3.49. The van der Waals surface area contributed by atoms with Gasteiger partial charge in [-0.15, -0.1) is 0 Å². The highest BCUT2D eigenvalue weighted by Gasteiger charge is 2.25. The number of nitrogens with zero attached hydrogens (tertiary/aromatic N) is 1. The third kappa shape index (κ3) is 1.49. The minimum absolute atomic E-state index is 0.234. The number of para-hydroxylation sites is 1. The van der Waals surface area contributed by atoms with Crippen molar-refractivity contribution in [3.8, 4) is 0 Å². The Kier molecular flexibility index (Phi) is 2.12. The maximum atomic E-state index is 12.4. The van der Waals surface area contributed by atoms with E-state index in [4.69, 9.17) is 0 Å². The molecule has 0 bridgehead atoms. The lowest BCUT2D eigenvalue weighted by atomic mass is 10.2. The summed E-state index contributed by atoms with van der Waals surface area (Å²) in [6.45, 7) is 0. The molecule has 0 saturated heterocycles. The molecule has 1 heterocycles. The fourth-order valence-corrected chi connectivity index (χ4v) is 3.35. The first kappa shape index (κ1) is 10.2. The second-order valence-electron chi connectivity index (χ2n) is 3.69. The molecule has 3 rings (SSSR count). The van der Waals surface area contributed by atoms with Crippen molar-refractivity contribution in [1.29, 1.82) is 0 Å². The van der Waals surface area contributed by atoms with Crippen molar-refractivity contribution < 1.29 is 8.42 Å². The molecule has 1 aliphatic heterocycles. The number of fused-ring (bicyclic) bond motifs is 2. The van der Waals surface area contributed by atoms with Gasteiger partial charge in [0.05, 0.1) is 21.7 Å². The Morgan fingerprint density at radius 2 is 1.53 bits per heavy atom. The van der Waals surface area contributed by atoms with Crippen LogP contribution in [-0.4, -0.2) is 14.6 Å². The maximum absolute atomic E-state index is 12.4. The quantitative estimate of drug-likeness (QED) is 0.608. The van der Waals surface area contributed by atoms with Crippen molar-refractivity contribution in [3.63, 3.8) is 0 Å². The van der Waals surface area contributed by atoms with Crippen LogP contribution in [-0.2, 0) is 9.84 Å². The van der Waals surface area contributed by atoms with Gasteiger partial charge in [0, 0.05) is 5.56 Å². The highest BCUT2D eigenvalue weighted by molar-refractivity contribution is 7.91. The maximum Gasteiger partial charge on any atom is 0.209 e. The lowest BCUT2D eigenvalue weighted by molar-refractivity contribution is 0.596. The molecule has 2 aromatic carbocycles. The van der Waals surface area contributed by atoms with E-state index in [1.54, 1.807) is 48.5 Å². The van der Waals surface area contributed by atoms with Gasteiger partial charge in [-0.2, -0.15) is 0 Å². The van der Waals surface area contributed by atoms with Crippen LogP contribution in [0, 0.1) is 0 Å². The van der Waals surface area contributed by atoms with Crippen molar-refractivity contribution in [2.24, 2.45) is 4.99 Å². The van der Waals surface area contributed by atoms with Gasteiger partial charge >= 0.3 is 0 Å². The average Bonchev–Trinajstić information content (AvgIpc) is 2.47. The number of hydrogen-bond acceptors (Lipinski definition) is 3.